The van der Waals surface area contributed by atoms with Crippen molar-refractivity contribution < 1.29 is 14.3 Å². The van der Waals surface area contributed by atoms with Gasteiger partial charge in [-0.3, -0.25) is 9.59 Å². The molecule has 0 heterocycles. The Kier molecular flexibility index (Phi) is 4.37. The lowest BCUT2D eigenvalue weighted by atomic mass is 9.99. The topological polar surface area (TPSA) is 107 Å². The first-order valence-electron chi connectivity index (χ1n) is 5.80. The van der Waals surface area contributed by atoms with Gasteiger partial charge < -0.3 is 21.5 Å². The van der Waals surface area contributed by atoms with Crippen molar-refractivity contribution in [2.75, 3.05) is 12.8 Å². The van der Waals surface area contributed by atoms with E-state index in [1.54, 1.807) is 32.0 Å². The predicted molar refractivity (Wildman–Crippen MR) is 72.8 cm³/mol. The van der Waals surface area contributed by atoms with Crippen LogP contribution in [0.3, 0.4) is 0 Å². The van der Waals surface area contributed by atoms with Crippen LogP contribution in [0.25, 0.3) is 0 Å². The summed E-state index contributed by atoms with van der Waals surface area (Å²) in [5.41, 5.74) is 10.7. The summed E-state index contributed by atoms with van der Waals surface area (Å²) in [6, 6.07) is 4.95. The second kappa shape index (κ2) is 5.60. The summed E-state index contributed by atoms with van der Waals surface area (Å²) in [5, 5.41) is 2.72. The lowest BCUT2D eigenvalue weighted by Crippen LogP contribution is -2.46. The van der Waals surface area contributed by atoms with Gasteiger partial charge in [0.2, 0.25) is 5.91 Å². The molecule has 0 unspecified atom stereocenters. The van der Waals surface area contributed by atoms with Gasteiger partial charge in [-0.25, -0.2) is 0 Å². The molecule has 0 aliphatic rings. The van der Waals surface area contributed by atoms with Crippen LogP contribution in [-0.2, 0) is 4.79 Å². The Balaban J connectivity index is 2.99. The molecule has 1 rings (SSSR count). The molecule has 0 spiro atoms. The number of rotatable bonds is 5. The summed E-state index contributed by atoms with van der Waals surface area (Å²) < 4.78 is 5.11. The maximum absolute atomic E-state index is 12.2. The number of carbonyl (C=O) groups is 2. The quantitative estimate of drug-likeness (QED) is 0.680. The van der Waals surface area contributed by atoms with E-state index in [2.05, 4.69) is 5.32 Å². The van der Waals surface area contributed by atoms with Gasteiger partial charge in [0.15, 0.2) is 0 Å². The van der Waals surface area contributed by atoms with Crippen LogP contribution in [0.2, 0.25) is 0 Å². The molecule has 0 bridgehead atoms. The second-order valence-electron chi connectivity index (χ2n) is 4.91. The summed E-state index contributed by atoms with van der Waals surface area (Å²) in [7, 11) is 1.46. The summed E-state index contributed by atoms with van der Waals surface area (Å²) >= 11 is 0. The number of methoxy groups -OCH3 is 1. The van der Waals surface area contributed by atoms with Crippen molar-refractivity contribution in [3.63, 3.8) is 0 Å². The number of hydrogen-bond acceptors (Lipinski definition) is 4. The highest BCUT2D eigenvalue weighted by Crippen LogP contribution is 2.24. The third-order valence-electron chi connectivity index (χ3n) is 2.57. The van der Waals surface area contributed by atoms with Crippen LogP contribution in [0, 0.1) is 0 Å². The Morgan fingerprint density at radius 3 is 2.53 bits per heavy atom. The number of nitrogen functional groups attached to an aromatic ring is 1. The average molecular weight is 265 g/mol. The fourth-order valence-corrected chi connectivity index (χ4v) is 1.81. The zero-order valence-corrected chi connectivity index (χ0v) is 11.3. The van der Waals surface area contributed by atoms with Gasteiger partial charge in [-0.05, 0) is 26.0 Å². The highest BCUT2D eigenvalue weighted by atomic mass is 16.5. The van der Waals surface area contributed by atoms with Gasteiger partial charge >= 0.3 is 0 Å². The number of amides is 2. The van der Waals surface area contributed by atoms with Gasteiger partial charge in [0.25, 0.3) is 5.91 Å². The molecule has 104 valence electrons. The van der Waals surface area contributed by atoms with Crippen molar-refractivity contribution in [1.82, 2.24) is 5.32 Å². The first-order chi connectivity index (χ1) is 8.76. The molecular weight excluding hydrogens is 246 g/mol. The molecule has 1 aromatic carbocycles. The number of ether oxygens (including phenoxy) is 1. The van der Waals surface area contributed by atoms with E-state index in [1.165, 1.54) is 7.11 Å². The number of carbonyl (C=O) groups excluding carboxylic acids is 2. The molecule has 19 heavy (non-hydrogen) atoms. The lowest BCUT2D eigenvalue weighted by molar-refractivity contribution is -0.119. The summed E-state index contributed by atoms with van der Waals surface area (Å²) in [6.45, 7) is 3.42. The zero-order valence-electron chi connectivity index (χ0n) is 11.3. The van der Waals surface area contributed by atoms with E-state index in [1.807, 2.05) is 0 Å². The monoisotopic (exact) mass is 265 g/mol. The Morgan fingerprint density at radius 2 is 2.00 bits per heavy atom. The van der Waals surface area contributed by atoms with E-state index in [-0.39, 0.29) is 12.0 Å². The van der Waals surface area contributed by atoms with Crippen LogP contribution in [0.15, 0.2) is 18.2 Å². The van der Waals surface area contributed by atoms with E-state index in [4.69, 9.17) is 16.2 Å². The number of primary amides is 1. The van der Waals surface area contributed by atoms with Crippen molar-refractivity contribution in [1.29, 1.82) is 0 Å². The van der Waals surface area contributed by atoms with Crippen molar-refractivity contribution in [2.45, 2.75) is 25.8 Å². The minimum absolute atomic E-state index is 0.0355. The molecule has 0 aromatic heterocycles. The first kappa shape index (κ1) is 14.8. The van der Waals surface area contributed by atoms with Gasteiger partial charge in [0.05, 0.1) is 7.11 Å². The molecular formula is C13H19N3O3. The zero-order chi connectivity index (χ0) is 14.6. The van der Waals surface area contributed by atoms with Crippen LogP contribution in [0.5, 0.6) is 5.75 Å². The standard InChI is InChI=1S/C13H19N3O3/c1-13(2,7-10(15)17)16-12(18)11-8(14)5-4-6-9(11)19-3/h4-6H,7,14H2,1-3H3,(H2,15,17)(H,16,18). The average Bonchev–Trinajstić information content (AvgIpc) is 2.25. The fraction of sp³-hybridized carbons (Fsp3) is 0.385. The maximum atomic E-state index is 12.2. The van der Waals surface area contributed by atoms with Crippen LogP contribution in [0.4, 0.5) is 5.69 Å². The van der Waals surface area contributed by atoms with E-state index >= 15 is 0 Å². The fourth-order valence-electron chi connectivity index (χ4n) is 1.81. The summed E-state index contributed by atoms with van der Waals surface area (Å²) in [5.74, 6) is -0.508. The first-order valence-corrected chi connectivity index (χ1v) is 5.80. The lowest BCUT2D eigenvalue weighted by Gasteiger charge is -2.25. The molecule has 0 saturated carbocycles. The van der Waals surface area contributed by atoms with Gasteiger partial charge in [-0.1, -0.05) is 6.07 Å². The normalized spacial score (nSPS) is 10.9. The van der Waals surface area contributed by atoms with Crippen LogP contribution in [-0.4, -0.2) is 24.5 Å². The van der Waals surface area contributed by atoms with Crippen molar-refractivity contribution in [3.05, 3.63) is 23.8 Å². The minimum atomic E-state index is -0.754. The largest absolute Gasteiger partial charge is 0.496 e. The van der Waals surface area contributed by atoms with Crippen molar-refractivity contribution in [3.8, 4) is 5.75 Å². The Bertz CT molecular complexity index is 498. The van der Waals surface area contributed by atoms with Crippen LogP contribution < -0.4 is 21.5 Å². The van der Waals surface area contributed by atoms with Crippen molar-refractivity contribution in [2.24, 2.45) is 5.73 Å². The number of benzene rings is 1. The Morgan fingerprint density at radius 1 is 1.37 bits per heavy atom. The molecule has 1 aromatic rings. The molecule has 6 nitrogen and oxygen atoms in total. The Labute approximate surface area is 112 Å². The van der Waals surface area contributed by atoms with E-state index in [9.17, 15) is 9.59 Å². The van der Waals surface area contributed by atoms with E-state index in [0.717, 1.165) is 0 Å². The third-order valence-corrected chi connectivity index (χ3v) is 2.57. The smallest absolute Gasteiger partial charge is 0.257 e. The van der Waals surface area contributed by atoms with Gasteiger partial charge in [-0.15, -0.1) is 0 Å². The van der Waals surface area contributed by atoms with Crippen molar-refractivity contribution >= 4 is 17.5 Å². The van der Waals surface area contributed by atoms with Gasteiger partial charge in [0, 0.05) is 17.6 Å². The van der Waals surface area contributed by atoms with E-state index in [0.29, 0.717) is 11.4 Å². The van der Waals surface area contributed by atoms with Gasteiger partial charge in [0.1, 0.15) is 11.3 Å². The molecule has 6 heteroatoms. The predicted octanol–water partition coefficient (Wildman–Crippen LogP) is 0.661. The number of nitrogens with one attached hydrogen (secondary N) is 1. The molecule has 2 amide bonds. The molecule has 0 aliphatic heterocycles. The molecule has 0 atom stereocenters. The molecule has 0 radical (unpaired) electrons. The third kappa shape index (κ3) is 3.87. The van der Waals surface area contributed by atoms with Crippen LogP contribution >= 0.6 is 0 Å². The number of nitrogens with two attached hydrogens (primary N) is 2. The minimum Gasteiger partial charge on any atom is -0.496 e. The molecule has 5 N–H and O–H groups in total. The number of hydrogen-bond donors (Lipinski definition) is 3. The molecule has 0 saturated heterocycles. The van der Waals surface area contributed by atoms with Crippen LogP contribution in [0.1, 0.15) is 30.6 Å². The summed E-state index contributed by atoms with van der Waals surface area (Å²) in [6.07, 6.45) is 0.0355. The maximum Gasteiger partial charge on any atom is 0.257 e. The molecule has 0 fully saturated rings. The number of anilines is 1. The molecule has 0 aliphatic carbocycles. The SMILES string of the molecule is COc1cccc(N)c1C(=O)NC(C)(C)CC(N)=O. The van der Waals surface area contributed by atoms with Gasteiger partial charge in [-0.2, -0.15) is 0 Å². The Hall–Kier alpha value is -2.24. The highest BCUT2D eigenvalue weighted by molar-refractivity contribution is 6.02. The van der Waals surface area contributed by atoms with E-state index < -0.39 is 17.4 Å². The second-order valence-corrected chi connectivity index (χ2v) is 4.91. The highest BCUT2D eigenvalue weighted by Gasteiger charge is 2.26. The summed E-state index contributed by atoms with van der Waals surface area (Å²) in [4.78, 5) is 23.2.